The zero-order chi connectivity index (χ0) is 12.7. The Balaban J connectivity index is 2.44. The normalized spacial score (nSPS) is 9.47. The summed E-state index contributed by atoms with van der Waals surface area (Å²) in [5, 5.41) is 11.2. The molecule has 1 aromatic rings. The maximum absolute atomic E-state index is 10.8. The van der Waals surface area contributed by atoms with Crippen LogP contribution in [0, 0.1) is 0 Å². The van der Waals surface area contributed by atoms with E-state index in [1.54, 1.807) is 24.3 Å². The summed E-state index contributed by atoms with van der Waals surface area (Å²) in [7, 11) is 1.28. The van der Waals surface area contributed by atoms with Gasteiger partial charge in [0.15, 0.2) is 6.61 Å². The molecular weight excluding hydrogens is 226 g/mol. The van der Waals surface area contributed by atoms with Crippen LogP contribution in [0.3, 0.4) is 0 Å². The molecule has 1 rings (SSSR count). The van der Waals surface area contributed by atoms with E-state index in [9.17, 15) is 9.59 Å². The van der Waals surface area contributed by atoms with Crippen molar-refractivity contribution in [1.82, 2.24) is 0 Å². The lowest BCUT2D eigenvalue weighted by Crippen LogP contribution is -2.13. The molecule has 0 radical (unpaired) electrons. The van der Waals surface area contributed by atoms with E-state index >= 15 is 0 Å². The number of aliphatic carboxylic acids is 1. The number of hydrogen-bond donors (Lipinski definition) is 2. The summed E-state index contributed by atoms with van der Waals surface area (Å²) >= 11 is 0. The minimum atomic E-state index is -0.934. The molecule has 0 saturated heterocycles. The second kappa shape index (κ2) is 6.37. The van der Waals surface area contributed by atoms with Crippen molar-refractivity contribution in [2.75, 3.05) is 25.6 Å². The number of anilines is 1. The molecule has 0 aliphatic rings. The van der Waals surface area contributed by atoms with Crippen LogP contribution in [0.1, 0.15) is 0 Å². The highest BCUT2D eigenvalue weighted by Crippen LogP contribution is 2.15. The lowest BCUT2D eigenvalue weighted by molar-refractivity contribution is -0.143. The maximum Gasteiger partial charge on any atom is 0.343 e. The third-order valence-corrected chi connectivity index (χ3v) is 1.88. The summed E-state index contributed by atoms with van der Waals surface area (Å²) in [4.78, 5) is 21.1. The lowest BCUT2D eigenvalue weighted by atomic mass is 10.3. The van der Waals surface area contributed by atoms with Gasteiger partial charge < -0.3 is 19.9 Å². The summed E-state index contributed by atoms with van der Waals surface area (Å²) < 4.78 is 9.54. The number of esters is 1. The van der Waals surface area contributed by atoms with Gasteiger partial charge in [0, 0.05) is 5.69 Å². The van der Waals surface area contributed by atoms with Crippen molar-refractivity contribution >= 4 is 17.6 Å². The Morgan fingerprint density at radius 3 is 2.47 bits per heavy atom. The van der Waals surface area contributed by atoms with E-state index in [2.05, 4.69) is 10.1 Å². The van der Waals surface area contributed by atoms with Crippen LogP contribution in [0.25, 0.3) is 0 Å². The number of carbonyl (C=O) groups is 2. The summed E-state index contributed by atoms with van der Waals surface area (Å²) in [6.07, 6.45) is 0. The van der Waals surface area contributed by atoms with E-state index in [0.717, 1.165) is 0 Å². The Bertz CT molecular complexity index is 387. The van der Waals surface area contributed by atoms with Crippen LogP contribution in [0.5, 0.6) is 5.75 Å². The molecule has 2 N–H and O–H groups in total. The van der Waals surface area contributed by atoms with Crippen LogP contribution in [-0.2, 0) is 14.3 Å². The fraction of sp³-hybridized carbons (Fsp3) is 0.273. The molecule has 0 aromatic heterocycles. The van der Waals surface area contributed by atoms with Gasteiger partial charge in [-0.05, 0) is 24.3 Å². The second-order valence-corrected chi connectivity index (χ2v) is 3.14. The van der Waals surface area contributed by atoms with Gasteiger partial charge in [-0.25, -0.2) is 4.79 Å². The van der Waals surface area contributed by atoms with Crippen molar-refractivity contribution in [3.63, 3.8) is 0 Å². The number of carboxylic acids is 1. The Morgan fingerprint density at radius 2 is 1.94 bits per heavy atom. The van der Waals surface area contributed by atoms with Crippen molar-refractivity contribution in [3.8, 4) is 5.75 Å². The predicted molar refractivity (Wildman–Crippen MR) is 60.1 cm³/mol. The fourth-order valence-corrected chi connectivity index (χ4v) is 1.05. The molecule has 0 heterocycles. The van der Waals surface area contributed by atoms with E-state index < -0.39 is 11.9 Å². The first-order valence-corrected chi connectivity index (χ1v) is 4.87. The number of carbonyl (C=O) groups excluding carboxylic acids is 1. The molecular formula is C11H13NO5. The highest BCUT2D eigenvalue weighted by atomic mass is 16.6. The molecule has 1 aromatic carbocycles. The molecule has 0 spiro atoms. The minimum Gasteiger partial charge on any atom is -0.482 e. The first-order chi connectivity index (χ1) is 8.11. The van der Waals surface area contributed by atoms with Crippen molar-refractivity contribution < 1.29 is 24.2 Å². The number of benzene rings is 1. The second-order valence-electron chi connectivity index (χ2n) is 3.14. The van der Waals surface area contributed by atoms with Crippen molar-refractivity contribution in [1.29, 1.82) is 0 Å². The van der Waals surface area contributed by atoms with Crippen LogP contribution in [0.15, 0.2) is 24.3 Å². The SMILES string of the molecule is COC(=O)COc1ccc(NCC(=O)O)cc1. The zero-order valence-electron chi connectivity index (χ0n) is 9.30. The summed E-state index contributed by atoms with van der Waals surface area (Å²) in [6.45, 7) is -0.305. The number of nitrogens with one attached hydrogen (secondary N) is 1. The van der Waals surface area contributed by atoms with Crippen LogP contribution >= 0.6 is 0 Å². The number of carboxylic acid groups (broad SMARTS) is 1. The van der Waals surface area contributed by atoms with Gasteiger partial charge in [-0.1, -0.05) is 0 Å². The van der Waals surface area contributed by atoms with E-state index in [1.165, 1.54) is 7.11 Å². The number of ether oxygens (including phenoxy) is 2. The largest absolute Gasteiger partial charge is 0.482 e. The van der Waals surface area contributed by atoms with Gasteiger partial charge in [-0.2, -0.15) is 0 Å². The standard InChI is InChI=1S/C11H13NO5/c1-16-11(15)7-17-9-4-2-8(3-5-9)12-6-10(13)14/h2-5,12H,6-7H2,1H3,(H,13,14). The molecule has 0 fully saturated rings. The highest BCUT2D eigenvalue weighted by Gasteiger charge is 2.02. The number of rotatable bonds is 6. The van der Waals surface area contributed by atoms with Gasteiger partial charge in [0.2, 0.25) is 0 Å². The fourth-order valence-electron chi connectivity index (χ4n) is 1.05. The molecule has 0 aliphatic carbocycles. The maximum atomic E-state index is 10.8. The summed E-state index contributed by atoms with van der Waals surface area (Å²) in [5.41, 5.74) is 0.665. The predicted octanol–water partition coefficient (Wildman–Crippen LogP) is 0.735. The van der Waals surface area contributed by atoms with E-state index in [1.807, 2.05) is 0 Å². The van der Waals surface area contributed by atoms with E-state index in [-0.39, 0.29) is 13.2 Å². The smallest absolute Gasteiger partial charge is 0.343 e. The Kier molecular flexibility index (Phi) is 4.80. The number of methoxy groups -OCH3 is 1. The third-order valence-electron chi connectivity index (χ3n) is 1.88. The average Bonchev–Trinajstić information content (AvgIpc) is 2.34. The van der Waals surface area contributed by atoms with Gasteiger partial charge in [0.1, 0.15) is 12.3 Å². The molecule has 0 aliphatic heterocycles. The topological polar surface area (TPSA) is 84.9 Å². The van der Waals surface area contributed by atoms with Gasteiger partial charge in [0.25, 0.3) is 0 Å². The first kappa shape index (κ1) is 12.8. The first-order valence-electron chi connectivity index (χ1n) is 4.87. The lowest BCUT2D eigenvalue weighted by Gasteiger charge is -2.06. The molecule has 0 saturated carbocycles. The Morgan fingerprint density at radius 1 is 1.29 bits per heavy atom. The van der Waals surface area contributed by atoms with Gasteiger partial charge >= 0.3 is 11.9 Å². The van der Waals surface area contributed by atoms with Crippen LogP contribution in [0.2, 0.25) is 0 Å². The molecule has 17 heavy (non-hydrogen) atoms. The molecule has 0 unspecified atom stereocenters. The molecule has 0 amide bonds. The van der Waals surface area contributed by atoms with Crippen LogP contribution < -0.4 is 10.1 Å². The quantitative estimate of drug-likeness (QED) is 0.712. The average molecular weight is 239 g/mol. The van der Waals surface area contributed by atoms with Crippen LogP contribution in [0.4, 0.5) is 5.69 Å². The van der Waals surface area contributed by atoms with Gasteiger partial charge in [-0.15, -0.1) is 0 Å². The highest BCUT2D eigenvalue weighted by molar-refractivity contribution is 5.73. The van der Waals surface area contributed by atoms with Gasteiger partial charge in [-0.3, -0.25) is 4.79 Å². The van der Waals surface area contributed by atoms with Crippen molar-refractivity contribution in [2.24, 2.45) is 0 Å². The van der Waals surface area contributed by atoms with Crippen LogP contribution in [-0.4, -0.2) is 37.3 Å². The third kappa shape index (κ3) is 4.87. The Hall–Kier alpha value is -2.24. The molecule has 0 atom stereocenters. The summed E-state index contributed by atoms with van der Waals surface area (Å²) in [6, 6.07) is 6.59. The van der Waals surface area contributed by atoms with Crippen molar-refractivity contribution in [3.05, 3.63) is 24.3 Å². The van der Waals surface area contributed by atoms with Crippen molar-refractivity contribution in [2.45, 2.75) is 0 Å². The van der Waals surface area contributed by atoms with E-state index in [4.69, 9.17) is 9.84 Å². The minimum absolute atomic E-state index is 0.150. The molecule has 6 nitrogen and oxygen atoms in total. The number of hydrogen-bond acceptors (Lipinski definition) is 5. The summed E-state index contributed by atoms with van der Waals surface area (Å²) in [5.74, 6) is -0.884. The molecule has 0 bridgehead atoms. The molecule has 92 valence electrons. The van der Waals surface area contributed by atoms with Gasteiger partial charge in [0.05, 0.1) is 7.11 Å². The zero-order valence-corrected chi connectivity index (χ0v) is 9.30. The monoisotopic (exact) mass is 239 g/mol. The molecule has 6 heteroatoms. The Labute approximate surface area is 98.2 Å². The van der Waals surface area contributed by atoms with E-state index in [0.29, 0.717) is 11.4 Å².